The van der Waals surface area contributed by atoms with E-state index in [1.807, 2.05) is 36.0 Å². The molecule has 0 aliphatic heterocycles. The summed E-state index contributed by atoms with van der Waals surface area (Å²) in [5.74, 6) is 2.07. The zero-order valence-corrected chi connectivity index (χ0v) is 12.9. The van der Waals surface area contributed by atoms with Crippen LogP contribution in [0.1, 0.15) is 12.0 Å². The van der Waals surface area contributed by atoms with Crippen LogP contribution in [0, 0.1) is 0 Å². The van der Waals surface area contributed by atoms with E-state index in [0.717, 1.165) is 46.9 Å². The van der Waals surface area contributed by atoms with E-state index in [1.165, 1.54) is 5.56 Å². The highest BCUT2D eigenvalue weighted by Gasteiger charge is 2.04. The summed E-state index contributed by atoms with van der Waals surface area (Å²) >= 11 is 8.04. The molecule has 0 radical (unpaired) electrons. The third kappa shape index (κ3) is 4.35. The largest absolute Gasteiger partial charge is 0.396 e. The summed E-state index contributed by atoms with van der Waals surface area (Å²) in [4.78, 5) is 4.42. The van der Waals surface area contributed by atoms with Gasteiger partial charge in [0, 0.05) is 42.1 Å². The van der Waals surface area contributed by atoms with Crippen molar-refractivity contribution in [3.63, 3.8) is 0 Å². The topological polar surface area (TPSA) is 45.1 Å². The van der Waals surface area contributed by atoms with Gasteiger partial charge in [-0.05, 0) is 35.9 Å². The van der Waals surface area contributed by atoms with Crippen LogP contribution in [0.25, 0.3) is 10.9 Å². The lowest BCUT2D eigenvalue weighted by Gasteiger charge is -2.08. The van der Waals surface area contributed by atoms with E-state index in [9.17, 15) is 0 Å². The minimum Gasteiger partial charge on any atom is -0.396 e. The van der Waals surface area contributed by atoms with Crippen molar-refractivity contribution in [2.75, 3.05) is 24.7 Å². The van der Waals surface area contributed by atoms with Crippen LogP contribution in [0.15, 0.2) is 30.5 Å². The lowest BCUT2D eigenvalue weighted by atomic mass is 10.1. The van der Waals surface area contributed by atoms with Crippen LogP contribution in [-0.4, -0.2) is 34.7 Å². The van der Waals surface area contributed by atoms with Gasteiger partial charge in [0.25, 0.3) is 0 Å². The highest BCUT2D eigenvalue weighted by atomic mass is 35.5. The number of rotatable bonds is 8. The van der Waals surface area contributed by atoms with Crippen molar-refractivity contribution in [1.82, 2.24) is 10.3 Å². The monoisotopic (exact) mass is 310 g/mol. The van der Waals surface area contributed by atoms with E-state index in [1.54, 1.807) is 6.20 Å². The Balaban J connectivity index is 1.86. The molecule has 0 amide bonds. The molecule has 2 N–H and O–H groups in total. The summed E-state index contributed by atoms with van der Waals surface area (Å²) in [6, 6.07) is 7.87. The van der Waals surface area contributed by atoms with Gasteiger partial charge in [-0.2, -0.15) is 11.8 Å². The Labute approximate surface area is 128 Å². The Bertz CT molecular complexity index is 550. The third-order valence-electron chi connectivity index (χ3n) is 2.99. The van der Waals surface area contributed by atoms with Crippen molar-refractivity contribution in [1.29, 1.82) is 0 Å². The van der Waals surface area contributed by atoms with Gasteiger partial charge in [-0.3, -0.25) is 4.98 Å². The first-order valence-corrected chi connectivity index (χ1v) is 8.27. The summed E-state index contributed by atoms with van der Waals surface area (Å²) in [7, 11) is 0. The average Bonchev–Trinajstić information content (AvgIpc) is 2.49. The molecule has 3 nitrogen and oxygen atoms in total. The Morgan fingerprint density at radius 2 is 2.15 bits per heavy atom. The van der Waals surface area contributed by atoms with Gasteiger partial charge in [-0.25, -0.2) is 0 Å². The normalized spacial score (nSPS) is 11.1. The molecule has 1 aromatic carbocycles. The molecule has 0 spiro atoms. The van der Waals surface area contributed by atoms with E-state index in [0.29, 0.717) is 0 Å². The van der Waals surface area contributed by atoms with Gasteiger partial charge in [0.05, 0.1) is 5.52 Å². The van der Waals surface area contributed by atoms with Crippen LogP contribution in [0.5, 0.6) is 0 Å². The van der Waals surface area contributed by atoms with Gasteiger partial charge in [0.2, 0.25) is 0 Å². The summed E-state index contributed by atoms with van der Waals surface area (Å²) in [6.45, 7) is 2.03. The summed E-state index contributed by atoms with van der Waals surface area (Å²) in [5.41, 5.74) is 2.14. The Morgan fingerprint density at radius 1 is 1.25 bits per heavy atom. The van der Waals surface area contributed by atoms with Crippen LogP contribution in [-0.2, 0) is 6.54 Å². The first kappa shape index (κ1) is 15.6. The van der Waals surface area contributed by atoms with Crippen molar-refractivity contribution >= 4 is 34.3 Å². The lowest BCUT2D eigenvalue weighted by Crippen LogP contribution is -2.17. The molecule has 0 atom stereocenters. The number of hydrogen-bond donors (Lipinski definition) is 2. The standard InChI is InChI=1S/C15H19ClN2OS/c16-14-5-4-12(15-13(14)3-1-6-18-15)11-17-7-10-20-9-2-8-19/h1,3-6,17,19H,2,7-11H2. The number of fused-ring (bicyclic) bond motifs is 1. The molecule has 0 fully saturated rings. The maximum absolute atomic E-state index is 8.69. The van der Waals surface area contributed by atoms with Crippen molar-refractivity contribution < 1.29 is 5.11 Å². The molecule has 2 aromatic rings. The second kappa shape index (κ2) is 8.47. The molecule has 108 valence electrons. The molecule has 20 heavy (non-hydrogen) atoms. The van der Waals surface area contributed by atoms with Gasteiger partial charge >= 0.3 is 0 Å². The van der Waals surface area contributed by atoms with Crippen LogP contribution >= 0.6 is 23.4 Å². The number of aromatic nitrogens is 1. The quantitative estimate of drug-likeness (QED) is 0.736. The number of pyridine rings is 1. The molecule has 0 saturated heterocycles. The average molecular weight is 311 g/mol. The van der Waals surface area contributed by atoms with Crippen LogP contribution in [0.4, 0.5) is 0 Å². The highest BCUT2D eigenvalue weighted by Crippen LogP contribution is 2.24. The van der Waals surface area contributed by atoms with E-state index < -0.39 is 0 Å². The van der Waals surface area contributed by atoms with Gasteiger partial charge in [0.1, 0.15) is 0 Å². The third-order valence-corrected chi connectivity index (χ3v) is 4.39. The Hall–Kier alpha value is -0.810. The van der Waals surface area contributed by atoms with Crippen molar-refractivity contribution in [3.05, 3.63) is 41.0 Å². The summed E-state index contributed by atoms with van der Waals surface area (Å²) in [5, 5.41) is 13.9. The number of benzene rings is 1. The molecule has 2 rings (SSSR count). The molecular formula is C15H19ClN2OS. The SMILES string of the molecule is OCCCSCCNCc1ccc(Cl)c2cccnc12. The van der Waals surface area contributed by atoms with Crippen LogP contribution in [0.3, 0.4) is 0 Å². The number of nitrogens with one attached hydrogen (secondary N) is 1. The van der Waals surface area contributed by atoms with Crippen LogP contribution in [0.2, 0.25) is 5.02 Å². The number of hydrogen-bond acceptors (Lipinski definition) is 4. The van der Waals surface area contributed by atoms with E-state index in [2.05, 4.69) is 10.3 Å². The molecule has 0 aliphatic rings. The second-order valence-corrected chi connectivity index (χ2v) is 6.10. The molecule has 0 unspecified atom stereocenters. The smallest absolute Gasteiger partial charge is 0.0761 e. The number of aliphatic hydroxyl groups is 1. The fraction of sp³-hybridized carbons (Fsp3) is 0.400. The zero-order valence-electron chi connectivity index (χ0n) is 11.3. The minimum absolute atomic E-state index is 0.281. The predicted molar refractivity (Wildman–Crippen MR) is 87.5 cm³/mol. The Morgan fingerprint density at radius 3 is 3.00 bits per heavy atom. The maximum Gasteiger partial charge on any atom is 0.0761 e. The highest BCUT2D eigenvalue weighted by molar-refractivity contribution is 7.99. The van der Waals surface area contributed by atoms with Gasteiger partial charge < -0.3 is 10.4 Å². The second-order valence-electron chi connectivity index (χ2n) is 4.47. The first-order chi connectivity index (χ1) is 9.83. The molecule has 0 bridgehead atoms. The molecule has 5 heteroatoms. The maximum atomic E-state index is 8.69. The van der Waals surface area contributed by atoms with Crippen LogP contribution < -0.4 is 5.32 Å². The van der Waals surface area contributed by atoms with Gasteiger partial charge in [-0.15, -0.1) is 0 Å². The minimum atomic E-state index is 0.281. The predicted octanol–water partition coefficient (Wildman–Crippen LogP) is 3.09. The van der Waals surface area contributed by atoms with Crippen molar-refractivity contribution in [3.8, 4) is 0 Å². The van der Waals surface area contributed by atoms with E-state index >= 15 is 0 Å². The van der Waals surface area contributed by atoms with Crippen molar-refractivity contribution in [2.45, 2.75) is 13.0 Å². The molecule has 0 saturated carbocycles. The van der Waals surface area contributed by atoms with Gasteiger partial charge in [0.15, 0.2) is 0 Å². The van der Waals surface area contributed by atoms with Crippen molar-refractivity contribution in [2.24, 2.45) is 0 Å². The molecule has 0 aliphatic carbocycles. The van der Waals surface area contributed by atoms with E-state index in [-0.39, 0.29) is 6.61 Å². The molecule has 1 aromatic heterocycles. The Kier molecular flexibility index (Phi) is 6.60. The van der Waals surface area contributed by atoms with Gasteiger partial charge in [-0.1, -0.05) is 17.7 Å². The fourth-order valence-electron chi connectivity index (χ4n) is 1.98. The van der Waals surface area contributed by atoms with E-state index in [4.69, 9.17) is 16.7 Å². The number of halogens is 1. The summed E-state index contributed by atoms with van der Waals surface area (Å²) in [6.07, 6.45) is 2.67. The number of nitrogens with zero attached hydrogens (tertiary/aromatic N) is 1. The summed E-state index contributed by atoms with van der Waals surface area (Å²) < 4.78 is 0. The number of aliphatic hydroxyl groups excluding tert-OH is 1. The molecular weight excluding hydrogens is 292 g/mol. The zero-order chi connectivity index (χ0) is 14.2. The molecule has 1 heterocycles. The number of thioether (sulfide) groups is 1. The first-order valence-electron chi connectivity index (χ1n) is 6.74. The lowest BCUT2D eigenvalue weighted by molar-refractivity contribution is 0.296. The fourth-order valence-corrected chi connectivity index (χ4v) is 3.02.